The quantitative estimate of drug-likeness (QED) is 0.804. The van der Waals surface area contributed by atoms with Crippen LogP contribution in [0.25, 0.3) is 0 Å². The van der Waals surface area contributed by atoms with E-state index in [2.05, 4.69) is 30.5 Å². The fourth-order valence-electron chi connectivity index (χ4n) is 2.33. The minimum Gasteiger partial charge on any atom is -0.378 e. The molecular formula is C15H15BrClN3O3S. The number of hydrogen-bond acceptors (Lipinski definition) is 5. The van der Waals surface area contributed by atoms with Gasteiger partial charge in [0.15, 0.2) is 0 Å². The average Bonchev–Trinajstić information content (AvgIpc) is 2.58. The number of pyridine rings is 1. The Balaban J connectivity index is 1.78. The van der Waals surface area contributed by atoms with E-state index in [1.807, 2.05) is 6.07 Å². The number of sulfonamides is 1. The van der Waals surface area contributed by atoms with Crippen LogP contribution in [0, 0.1) is 0 Å². The van der Waals surface area contributed by atoms with Crippen molar-refractivity contribution in [1.29, 1.82) is 0 Å². The van der Waals surface area contributed by atoms with Gasteiger partial charge in [0.05, 0.1) is 25.1 Å². The third kappa shape index (κ3) is 4.00. The molecule has 1 N–H and O–H groups in total. The predicted molar refractivity (Wildman–Crippen MR) is 97.2 cm³/mol. The lowest BCUT2D eigenvalue weighted by molar-refractivity contribution is 0.122. The number of halogens is 2. The maximum absolute atomic E-state index is 12.5. The van der Waals surface area contributed by atoms with E-state index in [0.29, 0.717) is 22.7 Å². The summed E-state index contributed by atoms with van der Waals surface area (Å²) in [5.74, 6) is 0.249. The Bertz CT molecular complexity index is 824. The van der Waals surface area contributed by atoms with Gasteiger partial charge >= 0.3 is 0 Å². The van der Waals surface area contributed by atoms with Gasteiger partial charge in [-0.05, 0) is 46.3 Å². The molecule has 2 aromatic rings. The number of aromatic nitrogens is 1. The summed E-state index contributed by atoms with van der Waals surface area (Å²) in [6.45, 7) is 2.94. The minimum absolute atomic E-state index is 0.0639. The number of benzene rings is 1. The molecule has 0 aliphatic carbocycles. The van der Waals surface area contributed by atoms with Crippen LogP contribution in [0.3, 0.4) is 0 Å². The molecule has 1 aromatic heterocycles. The van der Waals surface area contributed by atoms with Gasteiger partial charge in [-0.15, -0.1) is 0 Å². The molecule has 0 amide bonds. The molecule has 1 fully saturated rings. The summed E-state index contributed by atoms with van der Waals surface area (Å²) >= 11 is 9.11. The summed E-state index contributed by atoms with van der Waals surface area (Å²) in [5.41, 5.74) is 0.935. The fourth-order valence-corrected chi connectivity index (χ4v) is 4.57. The molecule has 0 bridgehead atoms. The third-order valence-corrected chi connectivity index (χ3v) is 6.13. The first kappa shape index (κ1) is 17.5. The van der Waals surface area contributed by atoms with Crippen LogP contribution in [-0.2, 0) is 14.8 Å². The molecule has 128 valence electrons. The molecule has 0 saturated carbocycles. The van der Waals surface area contributed by atoms with E-state index >= 15 is 0 Å². The summed E-state index contributed by atoms with van der Waals surface area (Å²) in [6, 6.07) is 8.06. The Labute approximate surface area is 154 Å². The second-order valence-electron chi connectivity index (χ2n) is 5.18. The Morgan fingerprint density at radius 3 is 2.62 bits per heavy atom. The van der Waals surface area contributed by atoms with Crippen LogP contribution in [0.5, 0.6) is 0 Å². The van der Waals surface area contributed by atoms with Crippen molar-refractivity contribution < 1.29 is 13.2 Å². The number of rotatable bonds is 4. The van der Waals surface area contributed by atoms with Crippen molar-refractivity contribution in [2.75, 3.05) is 35.9 Å². The van der Waals surface area contributed by atoms with Crippen molar-refractivity contribution >= 4 is 49.1 Å². The predicted octanol–water partition coefficient (Wildman–Crippen LogP) is 3.13. The zero-order valence-corrected chi connectivity index (χ0v) is 15.7. The van der Waals surface area contributed by atoms with E-state index in [1.54, 1.807) is 24.4 Å². The molecule has 6 nitrogen and oxygen atoms in total. The highest BCUT2D eigenvalue weighted by Gasteiger charge is 2.19. The van der Waals surface area contributed by atoms with E-state index in [0.717, 1.165) is 18.8 Å². The van der Waals surface area contributed by atoms with Crippen LogP contribution in [0.4, 0.5) is 11.5 Å². The van der Waals surface area contributed by atoms with Gasteiger partial charge in [0, 0.05) is 22.6 Å². The summed E-state index contributed by atoms with van der Waals surface area (Å²) < 4.78 is 33.2. The fraction of sp³-hybridized carbons (Fsp3) is 0.267. The van der Waals surface area contributed by atoms with Crippen LogP contribution in [0.15, 0.2) is 45.9 Å². The highest BCUT2D eigenvalue weighted by molar-refractivity contribution is 9.10. The van der Waals surface area contributed by atoms with E-state index in [-0.39, 0.29) is 10.7 Å². The van der Waals surface area contributed by atoms with Crippen LogP contribution in [0.1, 0.15) is 0 Å². The zero-order valence-electron chi connectivity index (χ0n) is 12.6. The Kier molecular flexibility index (Phi) is 5.29. The van der Waals surface area contributed by atoms with Gasteiger partial charge in [-0.25, -0.2) is 13.4 Å². The van der Waals surface area contributed by atoms with Crippen molar-refractivity contribution in [3.8, 4) is 0 Å². The highest BCUT2D eigenvalue weighted by Crippen LogP contribution is 2.27. The van der Waals surface area contributed by atoms with Crippen LogP contribution in [0.2, 0.25) is 5.02 Å². The molecule has 0 radical (unpaired) electrons. The molecule has 3 rings (SSSR count). The molecule has 1 aliphatic rings. The molecule has 9 heteroatoms. The maximum atomic E-state index is 12.5. The third-order valence-electron chi connectivity index (χ3n) is 3.55. The van der Waals surface area contributed by atoms with E-state index < -0.39 is 10.0 Å². The number of nitrogens with zero attached hydrogens (tertiary/aromatic N) is 2. The van der Waals surface area contributed by atoms with Gasteiger partial charge < -0.3 is 9.64 Å². The Morgan fingerprint density at radius 2 is 1.96 bits per heavy atom. The molecule has 0 atom stereocenters. The van der Waals surface area contributed by atoms with Crippen molar-refractivity contribution in [2.24, 2.45) is 0 Å². The van der Waals surface area contributed by atoms with Crippen molar-refractivity contribution in [3.63, 3.8) is 0 Å². The topological polar surface area (TPSA) is 71.5 Å². The molecule has 24 heavy (non-hydrogen) atoms. The van der Waals surface area contributed by atoms with Crippen molar-refractivity contribution in [3.05, 3.63) is 46.0 Å². The first-order chi connectivity index (χ1) is 11.5. The van der Waals surface area contributed by atoms with Crippen molar-refractivity contribution in [2.45, 2.75) is 4.90 Å². The lowest BCUT2D eigenvalue weighted by Gasteiger charge is -2.28. The van der Waals surface area contributed by atoms with Gasteiger partial charge in [0.2, 0.25) is 0 Å². The van der Waals surface area contributed by atoms with E-state index in [9.17, 15) is 8.42 Å². The SMILES string of the molecule is O=S(=O)(Nc1ccc(N2CCOCC2)cn1)c1cc(Cl)ccc1Br. The molecule has 0 unspecified atom stereocenters. The zero-order chi connectivity index (χ0) is 17.2. The number of morpholine rings is 1. The maximum Gasteiger partial charge on any atom is 0.264 e. The molecular weight excluding hydrogens is 418 g/mol. The summed E-state index contributed by atoms with van der Waals surface area (Å²) in [7, 11) is -3.78. The summed E-state index contributed by atoms with van der Waals surface area (Å²) in [6.07, 6.45) is 1.65. The molecule has 2 heterocycles. The van der Waals surface area contributed by atoms with Crippen LogP contribution in [-0.4, -0.2) is 39.7 Å². The summed E-state index contributed by atoms with van der Waals surface area (Å²) in [4.78, 5) is 6.40. The van der Waals surface area contributed by atoms with E-state index in [4.69, 9.17) is 16.3 Å². The van der Waals surface area contributed by atoms with Gasteiger partial charge in [0.1, 0.15) is 10.7 Å². The molecule has 1 aromatic carbocycles. The first-order valence-electron chi connectivity index (χ1n) is 7.22. The number of hydrogen-bond donors (Lipinski definition) is 1. The lowest BCUT2D eigenvalue weighted by atomic mass is 10.3. The second-order valence-corrected chi connectivity index (χ2v) is 8.12. The monoisotopic (exact) mass is 431 g/mol. The standard InChI is InChI=1S/C15H15BrClN3O3S/c16-13-3-1-11(17)9-14(13)24(21,22)19-15-4-2-12(10-18-15)20-5-7-23-8-6-20/h1-4,9-10H,5-8H2,(H,18,19). The van der Waals surface area contributed by atoms with Gasteiger partial charge in [0.25, 0.3) is 10.0 Å². The Hall–Kier alpha value is -1.35. The largest absolute Gasteiger partial charge is 0.378 e. The van der Waals surface area contributed by atoms with Crippen LogP contribution < -0.4 is 9.62 Å². The average molecular weight is 433 g/mol. The highest BCUT2D eigenvalue weighted by atomic mass is 79.9. The Morgan fingerprint density at radius 1 is 1.21 bits per heavy atom. The molecule has 0 spiro atoms. The molecule has 1 saturated heterocycles. The molecule has 1 aliphatic heterocycles. The number of ether oxygens (including phenoxy) is 1. The first-order valence-corrected chi connectivity index (χ1v) is 9.88. The van der Waals surface area contributed by atoms with Crippen molar-refractivity contribution in [1.82, 2.24) is 4.98 Å². The summed E-state index contributed by atoms with van der Waals surface area (Å²) in [5, 5.41) is 0.342. The van der Waals surface area contributed by atoms with E-state index in [1.165, 1.54) is 6.07 Å². The normalized spacial score (nSPS) is 15.3. The minimum atomic E-state index is -3.78. The smallest absolute Gasteiger partial charge is 0.264 e. The lowest BCUT2D eigenvalue weighted by Crippen LogP contribution is -2.36. The van der Waals surface area contributed by atoms with Crippen LogP contribution >= 0.6 is 27.5 Å². The van der Waals surface area contributed by atoms with Gasteiger partial charge in [-0.2, -0.15) is 0 Å². The number of anilines is 2. The number of nitrogens with one attached hydrogen (secondary N) is 1. The second kappa shape index (κ2) is 7.26. The van der Waals surface area contributed by atoms with Gasteiger partial charge in [-0.1, -0.05) is 11.6 Å². The van der Waals surface area contributed by atoms with Gasteiger partial charge in [-0.3, -0.25) is 4.72 Å².